The Kier molecular flexibility index (Phi) is 7.47. The Bertz CT molecular complexity index is 888. The second-order valence-corrected chi connectivity index (χ2v) is 7.17. The number of benzene rings is 2. The molecule has 0 aliphatic carbocycles. The van der Waals surface area contributed by atoms with Gasteiger partial charge in [-0.3, -0.25) is 0 Å². The first-order valence-electron chi connectivity index (χ1n) is 9.91. The van der Waals surface area contributed by atoms with E-state index in [0.29, 0.717) is 26.2 Å². The molecule has 0 aliphatic rings. The average Bonchev–Trinajstić information content (AvgIpc) is 3.18. The zero-order valence-corrected chi connectivity index (χ0v) is 17.2. The van der Waals surface area contributed by atoms with Gasteiger partial charge < -0.3 is 19.5 Å². The lowest BCUT2D eigenvalue weighted by Gasteiger charge is -2.24. The summed E-state index contributed by atoms with van der Waals surface area (Å²) in [6.07, 6.45) is 2.06. The van der Waals surface area contributed by atoms with Gasteiger partial charge in [-0.1, -0.05) is 60.2 Å². The maximum atomic E-state index is 12.8. The number of methoxy groups -OCH3 is 1. The molecule has 0 spiro atoms. The van der Waals surface area contributed by atoms with Gasteiger partial charge in [0.1, 0.15) is 0 Å². The van der Waals surface area contributed by atoms with E-state index < -0.39 is 0 Å². The summed E-state index contributed by atoms with van der Waals surface area (Å²) in [6, 6.07) is 22.5. The Morgan fingerprint density at radius 2 is 1.76 bits per heavy atom. The third kappa shape index (κ3) is 6.22. The van der Waals surface area contributed by atoms with Crippen molar-refractivity contribution in [2.24, 2.45) is 0 Å². The number of aromatic nitrogens is 1. The van der Waals surface area contributed by atoms with Crippen molar-refractivity contribution in [2.45, 2.75) is 26.6 Å². The van der Waals surface area contributed by atoms with Crippen LogP contribution in [-0.4, -0.2) is 35.8 Å². The molecule has 0 saturated carbocycles. The summed E-state index contributed by atoms with van der Waals surface area (Å²) in [7, 11) is 1.65. The predicted octanol–water partition coefficient (Wildman–Crippen LogP) is 4.20. The minimum Gasteiger partial charge on any atom is -0.383 e. The first-order chi connectivity index (χ1) is 14.2. The highest BCUT2D eigenvalue weighted by molar-refractivity contribution is 5.74. The van der Waals surface area contributed by atoms with E-state index in [1.165, 1.54) is 11.1 Å². The number of carbonyl (C=O) groups excluding carboxylic acids is 1. The Morgan fingerprint density at radius 1 is 1.00 bits per heavy atom. The molecule has 3 rings (SSSR count). The van der Waals surface area contributed by atoms with Gasteiger partial charge in [-0.25, -0.2) is 4.79 Å². The Morgan fingerprint density at radius 3 is 2.48 bits per heavy atom. The molecule has 1 N–H and O–H groups in total. The molecule has 0 radical (unpaired) electrons. The Hall–Kier alpha value is -3.05. The van der Waals surface area contributed by atoms with Crippen LogP contribution in [0.15, 0.2) is 72.9 Å². The van der Waals surface area contributed by atoms with Gasteiger partial charge in [0.25, 0.3) is 0 Å². The summed E-state index contributed by atoms with van der Waals surface area (Å²) in [5, 5.41) is 3.02. The number of ether oxygens (including phenoxy) is 1. The number of aryl methyl sites for hydroxylation is 1. The van der Waals surface area contributed by atoms with E-state index in [-0.39, 0.29) is 6.03 Å². The molecule has 0 atom stereocenters. The summed E-state index contributed by atoms with van der Waals surface area (Å²) in [5.74, 6) is 0. The van der Waals surface area contributed by atoms with Gasteiger partial charge in [-0.2, -0.15) is 0 Å². The number of nitrogens with zero attached hydrogens (tertiary/aromatic N) is 2. The normalized spacial score (nSPS) is 10.7. The third-order valence-electron chi connectivity index (χ3n) is 4.89. The zero-order chi connectivity index (χ0) is 20.5. The van der Waals surface area contributed by atoms with Gasteiger partial charge in [0, 0.05) is 38.6 Å². The minimum atomic E-state index is -0.0889. The molecule has 0 saturated heterocycles. The number of amides is 2. The van der Waals surface area contributed by atoms with Crippen LogP contribution >= 0.6 is 0 Å². The number of urea groups is 1. The van der Waals surface area contributed by atoms with Crippen LogP contribution in [0.1, 0.15) is 22.4 Å². The summed E-state index contributed by atoms with van der Waals surface area (Å²) in [4.78, 5) is 14.6. The van der Waals surface area contributed by atoms with E-state index >= 15 is 0 Å². The number of rotatable bonds is 9. The third-order valence-corrected chi connectivity index (χ3v) is 4.89. The van der Waals surface area contributed by atoms with Gasteiger partial charge in [0.2, 0.25) is 0 Å². The average molecular weight is 392 g/mol. The second kappa shape index (κ2) is 10.5. The molecule has 152 valence electrons. The highest BCUT2D eigenvalue weighted by Gasteiger charge is 2.15. The fourth-order valence-corrected chi connectivity index (χ4v) is 3.17. The lowest BCUT2D eigenvalue weighted by Crippen LogP contribution is -2.41. The van der Waals surface area contributed by atoms with Crippen molar-refractivity contribution in [2.75, 3.05) is 20.3 Å². The van der Waals surface area contributed by atoms with Crippen LogP contribution in [-0.2, 0) is 24.4 Å². The molecule has 1 aromatic heterocycles. The SMILES string of the molecule is COCCN(Cc1cccn1Cc1ccc(C)cc1)C(=O)NCc1ccccc1. The molecule has 0 fully saturated rings. The number of carbonyl (C=O) groups is 1. The molecular formula is C24H29N3O2. The highest BCUT2D eigenvalue weighted by atomic mass is 16.5. The first kappa shape index (κ1) is 20.7. The highest BCUT2D eigenvalue weighted by Crippen LogP contribution is 2.12. The molecule has 0 bridgehead atoms. The van der Waals surface area contributed by atoms with Crippen molar-refractivity contribution >= 4 is 6.03 Å². The van der Waals surface area contributed by atoms with Crippen LogP contribution < -0.4 is 5.32 Å². The Labute approximate surface area is 172 Å². The summed E-state index contributed by atoms with van der Waals surface area (Å²) < 4.78 is 7.40. The van der Waals surface area contributed by atoms with E-state index in [4.69, 9.17) is 4.74 Å². The molecule has 3 aromatic rings. The van der Waals surface area contributed by atoms with Crippen LogP contribution in [0, 0.1) is 6.92 Å². The van der Waals surface area contributed by atoms with Gasteiger partial charge in [-0.05, 0) is 30.2 Å². The molecule has 0 aliphatic heterocycles. The molecule has 5 heteroatoms. The molecule has 0 unspecified atom stereocenters. The van der Waals surface area contributed by atoms with Crippen LogP contribution in [0.25, 0.3) is 0 Å². The quantitative estimate of drug-likeness (QED) is 0.594. The fourth-order valence-electron chi connectivity index (χ4n) is 3.17. The lowest BCUT2D eigenvalue weighted by atomic mass is 10.1. The van der Waals surface area contributed by atoms with Crippen molar-refractivity contribution in [3.05, 3.63) is 95.3 Å². The van der Waals surface area contributed by atoms with Gasteiger partial charge in [0.15, 0.2) is 0 Å². The van der Waals surface area contributed by atoms with Crippen LogP contribution in [0.3, 0.4) is 0 Å². The van der Waals surface area contributed by atoms with Crippen LogP contribution in [0.5, 0.6) is 0 Å². The fraction of sp³-hybridized carbons (Fsp3) is 0.292. The number of hydrogen-bond acceptors (Lipinski definition) is 2. The van der Waals surface area contributed by atoms with E-state index in [1.54, 1.807) is 12.0 Å². The van der Waals surface area contributed by atoms with E-state index in [0.717, 1.165) is 17.8 Å². The Balaban J connectivity index is 1.66. The maximum absolute atomic E-state index is 12.8. The van der Waals surface area contributed by atoms with Gasteiger partial charge in [-0.15, -0.1) is 0 Å². The first-order valence-corrected chi connectivity index (χ1v) is 9.91. The predicted molar refractivity (Wildman–Crippen MR) is 116 cm³/mol. The van der Waals surface area contributed by atoms with Crippen LogP contribution in [0.2, 0.25) is 0 Å². The summed E-state index contributed by atoms with van der Waals surface area (Å²) in [6.45, 7) is 4.94. The van der Waals surface area contributed by atoms with E-state index in [2.05, 4.69) is 53.3 Å². The topological polar surface area (TPSA) is 46.5 Å². The van der Waals surface area contributed by atoms with Gasteiger partial charge in [0.05, 0.1) is 13.2 Å². The summed E-state index contributed by atoms with van der Waals surface area (Å²) in [5.41, 5.74) is 4.67. The largest absolute Gasteiger partial charge is 0.383 e. The number of hydrogen-bond donors (Lipinski definition) is 1. The second-order valence-electron chi connectivity index (χ2n) is 7.17. The lowest BCUT2D eigenvalue weighted by molar-refractivity contribution is 0.145. The van der Waals surface area contributed by atoms with Crippen molar-refractivity contribution in [1.82, 2.24) is 14.8 Å². The number of nitrogens with one attached hydrogen (secondary N) is 1. The zero-order valence-electron chi connectivity index (χ0n) is 17.2. The molecular weight excluding hydrogens is 362 g/mol. The van der Waals surface area contributed by atoms with Gasteiger partial charge >= 0.3 is 6.03 Å². The molecule has 29 heavy (non-hydrogen) atoms. The minimum absolute atomic E-state index is 0.0889. The van der Waals surface area contributed by atoms with Crippen molar-refractivity contribution in [3.63, 3.8) is 0 Å². The molecule has 2 aromatic carbocycles. The molecule has 5 nitrogen and oxygen atoms in total. The summed E-state index contributed by atoms with van der Waals surface area (Å²) >= 11 is 0. The smallest absolute Gasteiger partial charge is 0.318 e. The van der Waals surface area contributed by atoms with E-state index in [9.17, 15) is 4.79 Å². The van der Waals surface area contributed by atoms with Crippen molar-refractivity contribution < 1.29 is 9.53 Å². The molecule has 1 heterocycles. The standard InChI is InChI=1S/C24H29N3O2/c1-20-10-12-22(13-11-20)18-26-14-6-9-23(26)19-27(15-16-29-2)24(28)25-17-21-7-4-3-5-8-21/h3-14H,15-19H2,1-2H3,(H,25,28). The maximum Gasteiger partial charge on any atom is 0.318 e. The van der Waals surface area contributed by atoms with Crippen LogP contribution in [0.4, 0.5) is 4.79 Å². The van der Waals surface area contributed by atoms with E-state index in [1.807, 2.05) is 36.4 Å². The van der Waals surface area contributed by atoms with Crippen molar-refractivity contribution in [1.29, 1.82) is 0 Å². The monoisotopic (exact) mass is 391 g/mol. The van der Waals surface area contributed by atoms with Crippen molar-refractivity contribution in [3.8, 4) is 0 Å². The molecule has 2 amide bonds.